The van der Waals surface area contributed by atoms with Crippen LogP contribution in [0, 0.1) is 5.82 Å². The van der Waals surface area contributed by atoms with Crippen LogP contribution in [0.15, 0.2) is 23.4 Å². The van der Waals surface area contributed by atoms with Crippen molar-refractivity contribution in [3.05, 3.63) is 35.1 Å². The summed E-state index contributed by atoms with van der Waals surface area (Å²) in [7, 11) is 2.47. The zero-order valence-corrected chi connectivity index (χ0v) is 11.0. The summed E-state index contributed by atoms with van der Waals surface area (Å²) in [4.78, 5) is 16.0. The fraction of sp³-hybridized carbons (Fsp3) is 0.273. The van der Waals surface area contributed by atoms with Gasteiger partial charge in [-0.15, -0.1) is 0 Å². The minimum absolute atomic E-state index is 0.0816. The molecule has 0 unspecified atom stereocenters. The van der Waals surface area contributed by atoms with Crippen LogP contribution >= 0.6 is 15.9 Å². The molecule has 0 atom stereocenters. The number of nitrogens with zero attached hydrogens (tertiary/aromatic N) is 1. The van der Waals surface area contributed by atoms with E-state index in [9.17, 15) is 9.18 Å². The lowest BCUT2D eigenvalue weighted by molar-refractivity contribution is -0.132. The number of oxime groups is 1. The first-order valence-corrected chi connectivity index (χ1v) is 5.81. The number of carbonyl (C=O) groups excluding carboxylic acids is 1. The van der Waals surface area contributed by atoms with Crippen molar-refractivity contribution in [3.8, 4) is 0 Å². The number of hydrogen-bond donors (Lipinski definition) is 0. The van der Waals surface area contributed by atoms with Gasteiger partial charge < -0.3 is 9.57 Å². The second-order valence-corrected chi connectivity index (χ2v) is 3.58. The van der Waals surface area contributed by atoms with Crippen molar-refractivity contribution in [2.75, 3.05) is 14.2 Å². The van der Waals surface area contributed by atoms with E-state index in [0.717, 1.165) is 0 Å². The van der Waals surface area contributed by atoms with Gasteiger partial charge in [-0.1, -0.05) is 33.2 Å². The molecule has 1 aromatic carbocycles. The highest BCUT2D eigenvalue weighted by molar-refractivity contribution is 9.08. The first kappa shape index (κ1) is 13.6. The molecule has 4 nitrogen and oxygen atoms in total. The van der Waals surface area contributed by atoms with E-state index < -0.39 is 11.8 Å². The molecule has 0 heterocycles. The Kier molecular flexibility index (Phi) is 5.09. The van der Waals surface area contributed by atoms with Crippen molar-refractivity contribution in [2.24, 2.45) is 5.16 Å². The standard InChI is InChI=1S/C11H11BrFNO3/c1-16-11(15)10(14-17-2)9-7(6-12)4-3-5-8(9)13/h3-5H,6H2,1-2H3. The van der Waals surface area contributed by atoms with Crippen molar-refractivity contribution in [3.63, 3.8) is 0 Å². The van der Waals surface area contributed by atoms with E-state index in [0.29, 0.717) is 10.9 Å². The van der Waals surface area contributed by atoms with Crippen LogP contribution in [0.25, 0.3) is 0 Å². The van der Waals surface area contributed by atoms with Gasteiger partial charge in [-0.25, -0.2) is 9.18 Å². The molecule has 0 aliphatic heterocycles. The molecule has 1 aromatic rings. The molecule has 0 bridgehead atoms. The number of methoxy groups -OCH3 is 1. The fourth-order valence-electron chi connectivity index (χ4n) is 1.32. The van der Waals surface area contributed by atoms with Crippen LogP contribution in [-0.4, -0.2) is 25.9 Å². The molecule has 92 valence electrons. The van der Waals surface area contributed by atoms with Crippen molar-refractivity contribution < 1.29 is 18.8 Å². The van der Waals surface area contributed by atoms with Crippen LogP contribution < -0.4 is 0 Å². The summed E-state index contributed by atoms with van der Waals surface area (Å²) in [6.07, 6.45) is 0. The van der Waals surface area contributed by atoms with E-state index in [1.807, 2.05) is 0 Å². The smallest absolute Gasteiger partial charge is 0.360 e. The highest BCUT2D eigenvalue weighted by atomic mass is 79.9. The maximum Gasteiger partial charge on any atom is 0.360 e. The van der Waals surface area contributed by atoms with Gasteiger partial charge >= 0.3 is 5.97 Å². The zero-order chi connectivity index (χ0) is 12.8. The largest absolute Gasteiger partial charge is 0.464 e. The van der Waals surface area contributed by atoms with E-state index in [-0.39, 0.29) is 11.3 Å². The van der Waals surface area contributed by atoms with Gasteiger partial charge in [0.15, 0.2) is 5.71 Å². The van der Waals surface area contributed by atoms with E-state index in [1.165, 1.54) is 20.3 Å². The van der Waals surface area contributed by atoms with Crippen molar-refractivity contribution in [2.45, 2.75) is 5.33 Å². The summed E-state index contributed by atoms with van der Waals surface area (Å²) >= 11 is 3.22. The van der Waals surface area contributed by atoms with Crippen LogP contribution in [0.5, 0.6) is 0 Å². The Balaban J connectivity index is 3.37. The molecule has 0 aliphatic rings. The van der Waals surface area contributed by atoms with Crippen molar-refractivity contribution in [1.29, 1.82) is 0 Å². The molecule has 0 N–H and O–H groups in total. The summed E-state index contributed by atoms with van der Waals surface area (Å²) in [6.45, 7) is 0. The Bertz CT molecular complexity index is 448. The monoisotopic (exact) mass is 303 g/mol. The van der Waals surface area contributed by atoms with E-state index in [1.54, 1.807) is 12.1 Å². The van der Waals surface area contributed by atoms with Crippen LogP contribution in [0.2, 0.25) is 0 Å². The Hall–Kier alpha value is -1.43. The maximum atomic E-state index is 13.7. The van der Waals surface area contributed by atoms with Gasteiger partial charge in [-0.2, -0.15) is 0 Å². The minimum atomic E-state index is -0.751. The van der Waals surface area contributed by atoms with Gasteiger partial charge in [0.25, 0.3) is 0 Å². The van der Waals surface area contributed by atoms with Gasteiger partial charge in [0.05, 0.1) is 12.7 Å². The number of hydrogen-bond acceptors (Lipinski definition) is 4. The average Bonchev–Trinajstić information content (AvgIpc) is 2.35. The average molecular weight is 304 g/mol. The molecule has 0 spiro atoms. The molecule has 0 saturated heterocycles. The van der Waals surface area contributed by atoms with E-state index in [4.69, 9.17) is 0 Å². The molecular weight excluding hydrogens is 293 g/mol. The number of halogens is 2. The van der Waals surface area contributed by atoms with Gasteiger partial charge in [0, 0.05) is 5.33 Å². The quantitative estimate of drug-likeness (QED) is 0.371. The number of benzene rings is 1. The summed E-state index contributed by atoms with van der Waals surface area (Å²) in [5.74, 6) is -1.30. The Labute approximate surface area is 107 Å². The molecule has 0 saturated carbocycles. The summed E-state index contributed by atoms with van der Waals surface area (Å²) in [5.41, 5.74) is 0.479. The number of esters is 1. The first-order chi connectivity index (χ1) is 8.15. The predicted molar refractivity (Wildman–Crippen MR) is 64.6 cm³/mol. The Morgan fingerprint density at radius 3 is 2.71 bits per heavy atom. The van der Waals surface area contributed by atoms with Crippen LogP contribution in [0.1, 0.15) is 11.1 Å². The van der Waals surface area contributed by atoms with Gasteiger partial charge in [0.2, 0.25) is 0 Å². The highest BCUT2D eigenvalue weighted by Gasteiger charge is 2.22. The molecule has 0 fully saturated rings. The third-order valence-electron chi connectivity index (χ3n) is 2.04. The number of rotatable bonds is 4. The summed E-state index contributed by atoms with van der Waals surface area (Å²) in [6, 6.07) is 4.48. The molecule has 0 amide bonds. The molecule has 6 heteroatoms. The molecule has 0 aromatic heterocycles. The van der Waals surface area contributed by atoms with Crippen LogP contribution in [0.3, 0.4) is 0 Å². The van der Waals surface area contributed by atoms with Crippen molar-refractivity contribution >= 4 is 27.6 Å². The second kappa shape index (κ2) is 6.34. The van der Waals surface area contributed by atoms with E-state index in [2.05, 4.69) is 30.7 Å². The van der Waals surface area contributed by atoms with Gasteiger partial charge in [-0.3, -0.25) is 0 Å². The molecule has 17 heavy (non-hydrogen) atoms. The van der Waals surface area contributed by atoms with Crippen LogP contribution in [-0.2, 0) is 19.7 Å². The van der Waals surface area contributed by atoms with Gasteiger partial charge in [0.1, 0.15) is 12.9 Å². The number of carbonyl (C=O) groups is 1. The van der Waals surface area contributed by atoms with E-state index >= 15 is 0 Å². The zero-order valence-electron chi connectivity index (χ0n) is 9.37. The third kappa shape index (κ3) is 3.03. The highest BCUT2D eigenvalue weighted by Crippen LogP contribution is 2.18. The summed E-state index contributed by atoms with van der Waals surface area (Å²) in [5, 5.41) is 3.90. The molecular formula is C11H11BrFNO3. The lowest BCUT2D eigenvalue weighted by atomic mass is 10.0. The fourth-order valence-corrected chi connectivity index (χ4v) is 1.79. The second-order valence-electron chi connectivity index (χ2n) is 3.02. The first-order valence-electron chi connectivity index (χ1n) is 4.68. The van der Waals surface area contributed by atoms with Crippen LogP contribution in [0.4, 0.5) is 4.39 Å². The third-order valence-corrected chi connectivity index (χ3v) is 2.65. The molecule has 0 aliphatic carbocycles. The topological polar surface area (TPSA) is 47.9 Å². The van der Waals surface area contributed by atoms with Gasteiger partial charge in [-0.05, 0) is 11.6 Å². The SMILES string of the molecule is CON=C(C(=O)OC)c1c(F)cccc1CBr. The lowest BCUT2D eigenvalue weighted by Gasteiger charge is -2.09. The number of ether oxygens (including phenoxy) is 1. The van der Waals surface area contributed by atoms with Crippen molar-refractivity contribution in [1.82, 2.24) is 0 Å². The molecule has 1 rings (SSSR count). The predicted octanol–water partition coefficient (Wildman–Crippen LogP) is 2.24. The Morgan fingerprint density at radius 2 is 2.18 bits per heavy atom. The normalized spacial score (nSPS) is 11.2. The maximum absolute atomic E-state index is 13.7. The molecule has 0 radical (unpaired) electrons. The minimum Gasteiger partial charge on any atom is -0.464 e. The lowest BCUT2D eigenvalue weighted by Crippen LogP contribution is -2.20. The number of alkyl halides is 1. The summed E-state index contributed by atoms with van der Waals surface area (Å²) < 4.78 is 18.3. The Morgan fingerprint density at radius 1 is 1.47 bits per heavy atom.